The predicted molar refractivity (Wildman–Crippen MR) is 85.3 cm³/mol. The first kappa shape index (κ1) is 15.3. The number of ether oxygens (including phenoxy) is 1. The second-order valence-corrected chi connectivity index (χ2v) is 6.07. The standard InChI is InChI=1S/C17H28N2O/c1-14(2)18-12-15-7-9-16(10-8-15)19(3)13-17-6-4-5-11-20-17/h7-10,14,17-18H,4-6,11-13H2,1-3H3. The Morgan fingerprint density at radius 3 is 2.60 bits per heavy atom. The van der Waals surface area contributed by atoms with Gasteiger partial charge in [0.05, 0.1) is 6.10 Å². The van der Waals surface area contributed by atoms with Crippen LogP contribution in [0.4, 0.5) is 5.69 Å². The Kier molecular flexibility index (Phi) is 5.86. The zero-order chi connectivity index (χ0) is 14.4. The molecule has 1 N–H and O–H groups in total. The highest BCUT2D eigenvalue weighted by molar-refractivity contribution is 5.47. The Labute approximate surface area is 123 Å². The summed E-state index contributed by atoms with van der Waals surface area (Å²) in [5.41, 5.74) is 2.61. The van der Waals surface area contributed by atoms with Crippen molar-refractivity contribution in [3.8, 4) is 0 Å². The zero-order valence-electron chi connectivity index (χ0n) is 13.1. The Morgan fingerprint density at radius 1 is 1.25 bits per heavy atom. The van der Waals surface area contributed by atoms with E-state index in [1.54, 1.807) is 0 Å². The van der Waals surface area contributed by atoms with Crippen molar-refractivity contribution in [2.45, 2.75) is 51.8 Å². The Bertz CT molecular complexity index is 382. The van der Waals surface area contributed by atoms with Crippen LogP contribution in [0.15, 0.2) is 24.3 Å². The van der Waals surface area contributed by atoms with Gasteiger partial charge in [0.1, 0.15) is 0 Å². The van der Waals surface area contributed by atoms with Gasteiger partial charge in [0.2, 0.25) is 0 Å². The number of hydrogen-bond donors (Lipinski definition) is 1. The van der Waals surface area contributed by atoms with Crippen molar-refractivity contribution in [1.82, 2.24) is 5.32 Å². The minimum Gasteiger partial charge on any atom is -0.376 e. The monoisotopic (exact) mass is 276 g/mol. The quantitative estimate of drug-likeness (QED) is 0.863. The molecule has 0 saturated carbocycles. The maximum atomic E-state index is 5.81. The third-order valence-corrected chi connectivity index (χ3v) is 3.84. The number of rotatable bonds is 6. The Hall–Kier alpha value is -1.06. The number of likely N-dealkylation sites (N-methyl/N-ethyl adjacent to an activating group) is 1. The highest BCUT2D eigenvalue weighted by Crippen LogP contribution is 2.18. The number of nitrogens with one attached hydrogen (secondary N) is 1. The molecule has 1 aliphatic rings. The number of anilines is 1. The van der Waals surface area contributed by atoms with E-state index in [1.165, 1.54) is 30.5 Å². The Balaban J connectivity index is 1.84. The van der Waals surface area contributed by atoms with Crippen LogP contribution in [0.25, 0.3) is 0 Å². The van der Waals surface area contributed by atoms with E-state index in [0.717, 1.165) is 19.7 Å². The van der Waals surface area contributed by atoms with Gasteiger partial charge in [0.25, 0.3) is 0 Å². The topological polar surface area (TPSA) is 24.5 Å². The average molecular weight is 276 g/mol. The van der Waals surface area contributed by atoms with Crippen molar-refractivity contribution in [1.29, 1.82) is 0 Å². The van der Waals surface area contributed by atoms with Gasteiger partial charge < -0.3 is 15.0 Å². The third kappa shape index (κ3) is 4.80. The lowest BCUT2D eigenvalue weighted by Crippen LogP contribution is -2.33. The number of benzene rings is 1. The van der Waals surface area contributed by atoms with Crippen LogP contribution in [0.2, 0.25) is 0 Å². The Morgan fingerprint density at radius 2 is 2.00 bits per heavy atom. The summed E-state index contributed by atoms with van der Waals surface area (Å²) in [7, 11) is 2.15. The molecule has 0 aromatic heterocycles. The maximum absolute atomic E-state index is 5.81. The lowest BCUT2D eigenvalue weighted by Gasteiger charge is -2.28. The van der Waals surface area contributed by atoms with Crippen LogP contribution in [0, 0.1) is 0 Å². The smallest absolute Gasteiger partial charge is 0.0749 e. The van der Waals surface area contributed by atoms with Gasteiger partial charge in [-0.25, -0.2) is 0 Å². The van der Waals surface area contributed by atoms with E-state index in [-0.39, 0.29) is 0 Å². The molecule has 2 rings (SSSR count). The molecular formula is C17H28N2O. The van der Waals surface area contributed by atoms with E-state index < -0.39 is 0 Å². The molecule has 1 saturated heterocycles. The van der Waals surface area contributed by atoms with Crippen LogP contribution in [-0.2, 0) is 11.3 Å². The molecule has 0 spiro atoms. The first-order valence-electron chi connectivity index (χ1n) is 7.80. The fraction of sp³-hybridized carbons (Fsp3) is 0.647. The molecule has 3 nitrogen and oxygen atoms in total. The van der Waals surface area contributed by atoms with Crippen LogP contribution < -0.4 is 10.2 Å². The van der Waals surface area contributed by atoms with Crippen molar-refractivity contribution in [2.24, 2.45) is 0 Å². The van der Waals surface area contributed by atoms with Crippen LogP contribution in [0.5, 0.6) is 0 Å². The summed E-state index contributed by atoms with van der Waals surface area (Å²) in [6.45, 7) is 7.20. The van der Waals surface area contributed by atoms with Gasteiger partial charge in [-0.2, -0.15) is 0 Å². The van der Waals surface area contributed by atoms with E-state index in [1.807, 2.05) is 0 Å². The molecular weight excluding hydrogens is 248 g/mol. The summed E-state index contributed by atoms with van der Waals surface area (Å²) in [5.74, 6) is 0. The van der Waals surface area contributed by atoms with E-state index in [9.17, 15) is 0 Å². The zero-order valence-corrected chi connectivity index (χ0v) is 13.1. The molecule has 20 heavy (non-hydrogen) atoms. The van der Waals surface area contributed by atoms with Gasteiger partial charge in [-0.3, -0.25) is 0 Å². The molecule has 1 unspecified atom stereocenters. The highest BCUT2D eigenvalue weighted by Gasteiger charge is 2.16. The van der Waals surface area contributed by atoms with Crippen molar-refractivity contribution in [2.75, 3.05) is 25.1 Å². The minimum atomic E-state index is 0.399. The number of hydrogen-bond acceptors (Lipinski definition) is 3. The fourth-order valence-electron chi connectivity index (χ4n) is 2.55. The second kappa shape index (κ2) is 7.65. The lowest BCUT2D eigenvalue weighted by molar-refractivity contribution is 0.0216. The summed E-state index contributed by atoms with van der Waals surface area (Å²) < 4.78 is 5.81. The molecule has 112 valence electrons. The predicted octanol–water partition coefficient (Wildman–Crippen LogP) is 3.19. The molecule has 1 atom stereocenters. The molecule has 1 heterocycles. The van der Waals surface area contributed by atoms with Gasteiger partial charge in [-0.15, -0.1) is 0 Å². The molecule has 1 aromatic rings. The van der Waals surface area contributed by atoms with Gasteiger partial charge >= 0.3 is 0 Å². The highest BCUT2D eigenvalue weighted by atomic mass is 16.5. The summed E-state index contributed by atoms with van der Waals surface area (Å²) in [5, 5.41) is 3.44. The van der Waals surface area contributed by atoms with Crippen molar-refractivity contribution in [3.63, 3.8) is 0 Å². The molecule has 0 bridgehead atoms. The summed E-state index contributed by atoms with van der Waals surface area (Å²) in [6.07, 6.45) is 4.12. The fourth-order valence-corrected chi connectivity index (χ4v) is 2.55. The summed E-state index contributed by atoms with van der Waals surface area (Å²) >= 11 is 0. The lowest BCUT2D eigenvalue weighted by atomic mass is 10.1. The molecule has 0 amide bonds. The van der Waals surface area contributed by atoms with Crippen molar-refractivity contribution < 1.29 is 4.74 Å². The van der Waals surface area contributed by atoms with Gasteiger partial charge in [-0.05, 0) is 37.0 Å². The second-order valence-electron chi connectivity index (χ2n) is 6.07. The van der Waals surface area contributed by atoms with E-state index >= 15 is 0 Å². The van der Waals surface area contributed by atoms with Gasteiger partial charge in [0.15, 0.2) is 0 Å². The maximum Gasteiger partial charge on any atom is 0.0749 e. The largest absolute Gasteiger partial charge is 0.376 e. The van der Waals surface area contributed by atoms with Gasteiger partial charge in [0, 0.05) is 38.5 Å². The van der Waals surface area contributed by atoms with Crippen molar-refractivity contribution in [3.05, 3.63) is 29.8 Å². The van der Waals surface area contributed by atoms with Crippen molar-refractivity contribution >= 4 is 5.69 Å². The summed E-state index contributed by atoms with van der Waals surface area (Å²) in [6, 6.07) is 9.37. The molecule has 1 fully saturated rings. The van der Waals surface area contributed by atoms with E-state index in [2.05, 4.69) is 55.4 Å². The van der Waals surface area contributed by atoms with Gasteiger partial charge in [-0.1, -0.05) is 26.0 Å². The SMILES string of the molecule is CC(C)NCc1ccc(N(C)CC2CCCCO2)cc1. The number of nitrogens with zero attached hydrogens (tertiary/aromatic N) is 1. The average Bonchev–Trinajstić information content (AvgIpc) is 2.46. The minimum absolute atomic E-state index is 0.399. The summed E-state index contributed by atoms with van der Waals surface area (Å²) in [4.78, 5) is 2.30. The van der Waals surface area contributed by atoms with Crippen LogP contribution >= 0.6 is 0 Å². The van der Waals surface area contributed by atoms with E-state index in [4.69, 9.17) is 4.74 Å². The molecule has 1 aliphatic heterocycles. The van der Waals surface area contributed by atoms with E-state index in [0.29, 0.717) is 12.1 Å². The normalized spacial score (nSPS) is 19.3. The van der Waals surface area contributed by atoms with Crippen LogP contribution in [-0.4, -0.2) is 32.3 Å². The first-order valence-corrected chi connectivity index (χ1v) is 7.80. The molecule has 1 aromatic carbocycles. The molecule has 0 radical (unpaired) electrons. The molecule has 0 aliphatic carbocycles. The molecule has 3 heteroatoms. The van der Waals surface area contributed by atoms with Crippen LogP contribution in [0.1, 0.15) is 38.7 Å². The third-order valence-electron chi connectivity index (χ3n) is 3.84. The first-order chi connectivity index (χ1) is 9.65. The van der Waals surface area contributed by atoms with Crippen LogP contribution in [0.3, 0.4) is 0 Å².